The first-order valence-electron chi connectivity index (χ1n) is 5.04. The number of carbonyl (C=O) groups excluding carboxylic acids is 1. The van der Waals surface area contributed by atoms with Gasteiger partial charge in [-0.3, -0.25) is 4.79 Å². The molecule has 1 aromatic rings. The van der Waals surface area contributed by atoms with Crippen molar-refractivity contribution < 1.29 is 14.4 Å². The molecule has 0 unspecified atom stereocenters. The molecule has 18 heavy (non-hydrogen) atoms. The predicted molar refractivity (Wildman–Crippen MR) is 67.2 cm³/mol. The SMILES string of the molecule is CC(C)(C(=O)Nc1c(F)cccc1Cl)/C(N)=N/O. The quantitative estimate of drug-likeness (QED) is 0.341. The first kappa shape index (κ1) is 14.2. The van der Waals surface area contributed by atoms with Crippen molar-refractivity contribution in [2.45, 2.75) is 13.8 Å². The zero-order chi connectivity index (χ0) is 13.9. The Morgan fingerprint density at radius 3 is 2.67 bits per heavy atom. The number of rotatable bonds is 3. The number of benzene rings is 1. The normalized spacial score (nSPS) is 12.3. The summed E-state index contributed by atoms with van der Waals surface area (Å²) in [6.45, 7) is 2.87. The van der Waals surface area contributed by atoms with Crippen molar-refractivity contribution in [3.63, 3.8) is 0 Å². The van der Waals surface area contributed by atoms with E-state index >= 15 is 0 Å². The van der Waals surface area contributed by atoms with Crippen LogP contribution >= 0.6 is 11.6 Å². The minimum Gasteiger partial charge on any atom is -0.409 e. The van der Waals surface area contributed by atoms with E-state index in [0.717, 1.165) is 6.07 Å². The number of carbonyl (C=O) groups is 1. The van der Waals surface area contributed by atoms with Crippen LogP contribution < -0.4 is 11.1 Å². The molecule has 1 aromatic carbocycles. The van der Waals surface area contributed by atoms with Crippen molar-refractivity contribution in [2.75, 3.05) is 5.32 Å². The first-order valence-corrected chi connectivity index (χ1v) is 5.42. The maximum Gasteiger partial charge on any atom is 0.237 e. The molecule has 0 atom stereocenters. The standard InChI is InChI=1S/C11H13ClFN3O2/c1-11(2,9(14)16-18)10(17)15-8-6(12)4-3-5-7(8)13/h3-5,18H,1-2H3,(H2,14,16)(H,15,17). The van der Waals surface area contributed by atoms with Crippen molar-refractivity contribution in [2.24, 2.45) is 16.3 Å². The van der Waals surface area contributed by atoms with Crippen LogP contribution in [-0.2, 0) is 4.79 Å². The van der Waals surface area contributed by atoms with E-state index in [0.29, 0.717) is 0 Å². The van der Waals surface area contributed by atoms with E-state index in [1.54, 1.807) is 0 Å². The fraction of sp³-hybridized carbons (Fsp3) is 0.273. The lowest BCUT2D eigenvalue weighted by Crippen LogP contribution is -2.42. The third-order valence-electron chi connectivity index (χ3n) is 2.52. The van der Waals surface area contributed by atoms with Crippen LogP contribution in [0.15, 0.2) is 23.4 Å². The van der Waals surface area contributed by atoms with E-state index < -0.39 is 17.1 Å². The number of hydrogen-bond acceptors (Lipinski definition) is 3. The Balaban J connectivity index is 3.02. The van der Waals surface area contributed by atoms with Gasteiger partial charge in [-0.1, -0.05) is 22.8 Å². The van der Waals surface area contributed by atoms with E-state index in [1.165, 1.54) is 26.0 Å². The van der Waals surface area contributed by atoms with E-state index in [4.69, 9.17) is 22.5 Å². The fourth-order valence-electron chi connectivity index (χ4n) is 1.13. The minimum absolute atomic E-state index is 0.0682. The van der Waals surface area contributed by atoms with Crippen LogP contribution in [0.5, 0.6) is 0 Å². The summed E-state index contributed by atoms with van der Waals surface area (Å²) in [7, 11) is 0. The summed E-state index contributed by atoms with van der Waals surface area (Å²) in [5.74, 6) is -1.58. The molecular formula is C11H13ClFN3O2. The molecule has 7 heteroatoms. The highest BCUT2D eigenvalue weighted by molar-refractivity contribution is 6.34. The highest BCUT2D eigenvalue weighted by Crippen LogP contribution is 2.27. The number of para-hydroxylation sites is 1. The molecule has 0 aliphatic rings. The van der Waals surface area contributed by atoms with Gasteiger partial charge >= 0.3 is 0 Å². The maximum atomic E-state index is 13.5. The number of oxime groups is 1. The molecule has 5 nitrogen and oxygen atoms in total. The molecule has 0 saturated heterocycles. The monoisotopic (exact) mass is 273 g/mol. The second-order valence-corrected chi connectivity index (χ2v) is 4.57. The van der Waals surface area contributed by atoms with Gasteiger partial charge in [-0.05, 0) is 26.0 Å². The molecule has 0 aliphatic carbocycles. The molecule has 0 spiro atoms. The van der Waals surface area contributed by atoms with Gasteiger partial charge in [0.2, 0.25) is 5.91 Å². The van der Waals surface area contributed by atoms with Gasteiger partial charge in [0.1, 0.15) is 11.2 Å². The molecule has 0 aromatic heterocycles. The smallest absolute Gasteiger partial charge is 0.237 e. The Morgan fingerprint density at radius 2 is 2.17 bits per heavy atom. The second kappa shape index (κ2) is 5.22. The zero-order valence-corrected chi connectivity index (χ0v) is 10.6. The Bertz CT molecular complexity index is 483. The van der Waals surface area contributed by atoms with E-state index in [2.05, 4.69) is 10.5 Å². The lowest BCUT2D eigenvalue weighted by Gasteiger charge is -2.22. The molecule has 0 bridgehead atoms. The summed E-state index contributed by atoms with van der Waals surface area (Å²) in [5, 5.41) is 13.7. The molecule has 1 rings (SSSR count). The Kier molecular flexibility index (Phi) is 4.13. The third-order valence-corrected chi connectivity index (χ3v) is 2.83. The molecular weight excluding hydrogens is 261 g/mol. The van der Waals surface area contributed by atoms with Gasteiger partial charge in [-0.15, -0.1) is 0 Å². The van der Waals surface area contributed by atoms with Crippen LogP contribution in [0, 0.1) is 11.2 Å². The van der Waals surface area contributed by atoms with Gasteiger partial charge in [0.05, 0.1) is 10.7 Å². The third kappa shape index (κ3) is 2.70. The van der Waals surface area contributed by atoms with Crippen LogP contribution in [0.2, 0.25) is 5.02 Å². The Hall–Kier alpha value is -1.82. The largest absolute Gasteiger partial charge is 0.409 e. The van der Waals surface area contributed by atoms with E-state index in [-0.39, 0.29) is 16.5 Å². The van der Waals surface area contributed by atoms with Crippen LogP contribution in [0.1, 0.15) is 13.8 Å². The summed E-state index contributed by atoms with van der Waals surface area (Å²) in [6.07, 6.45) is 0. The van der Waals surface area contributed by atoms with Crippen LogP contribution in [0.4, 0.5) is 10.1 Å². The maximum absolute atomic E-state index is 13.5. The molecule has 0 heterocycles. The summed E-state index contributed by atoms with van der Waals surface area (Å²) in [5.41, 5.74) is 3.97. The second-order valence-electron chi connectivity index (χ2n) is 4.16. The summed E-state index contributed by atoms with van der Waals surface area (Å²) < 4.78 is 13.5. The Morgan fingerprint density at radius 1 is 1.56 bits per heavy atom. The zero-order valence-electron chi connectivity index (χ0n) is 9.87. The molecule has 4 N–H and O–H groups in total. The number of nitrogens with zero attached hydrogens (tertiary/aromatic N) is 1. The van der Waals surface area contributed by atoms with Crippen molar-refractivity contribution in [1.82, 2.24) is 0 Å². The first-order chi connectivity index (χ1) is 8.30. The van der Waals surface area contributed by atoms with Crippen LogP contribution in [0.25, 0.3) is 0 Å². The summed E-state index contributed by atoms with van der Waals surface area (Å²) in [4.78, 5) is 11.9. The number of anilines is 1. The van der Waals surface area contributed by atoms with Crippen molar-refractivity contribution in [1.29, 1.82) is 0 Å². The minimum atomic E-state index is -1.29. The van der Waals surface area contributed by atoms with Crippen molar-refractivity contribution >= 4 is 29.0 Å². The summed E-state index contributed by atoms with van der Waals surface area (Å²) in [6, 6.07) is 4.02. The molecule has 0 saturated carbocycles. The average molecular weight is 274 g/mol. The van der Waals surface area contributed by atoms with Gasteiger partial charge in [0, 0.05) is 0 Å². The Labute approximate surface area is 108 Å². The van der Waals surface area contributed by atoms with Gasteiger partial charge < -0.3 is 16.3 Å². The molecule has 0 aliphatic heterocycles. The number of amides is 1. The number of halogens is 2. The number of nitrogens with one attached hydrogen (secondary N) is 1. The van der Waals surface area contributed by atoms with Crippen LogP contribution in [0.3, 0.4) is 0 Å². The highest BCUT2D eigenvalue weighted by Gasteiger charge is 2.33. The fourth-order valence-corrected chi connectivity index (χ4v) is 1.34. The van der Waals surface area contributed by atoms with Crippen molar-refractivity contribution in [3.05, 3.63) is 29.0 Å². The molecule has 0 fully saturated rings. The highest BCUT2D eigenvalue weighted by atomic mass is 35.5. The molecule has 0 radical (unpaired) electrons. The molecule has 98 valence electrons. The van der Waals surface area contributed by atoms with Crippen molar-refractivity contribution in [3.8, 4) is 0 Å². The van der Waals surface area contributed by atoms with Gasteiger partial charge in [0.25, 0.3) is 0 Å². The number of nitrogens with two attached hydrogens (primary N) is 1. The summed E-state index contributed by atoms with van der Waals surface area (Å²) >= 11 is 5.77. The van der Waals surface area contributed by atoms with Gasteiger partial charge in [0.15, 0.2) is 5.84 Å². The number of hydrogen-bond donors (Lipinski definition) is 3. The average Bonchev–Trinajstić information content (AvgIpc) is 2.32. The van der Waals surface area contributed by atoms with Gasteiger partial charge in [-0.25, -0.2) is 4.39 Å². The van der Waals surface area contributed by atoms with E-state index in [9.17, 15) is 9.18 Å². The predicted octanol–water partition coefficient (Wildman–Crippen LogP) is 2.19. The lowest BCUT2D eigenvalue weighted by atomic mass is 9.91. The van der Waals surface area contributed by atoms with E-state index in [1.807, 2.05) is 0 Å². The molecule has 1 amide bonds. The van der Waals surface area contributed by atoms with Gasteiger partial charge in [-0.2, -0.15) is 0 Å². The van der Waals surface area contributed by atoms with Crippen LogP contribution in [-0.4, -0.2) is 17.0 Å². The lowest BCUT2D eigenvalue weighted by molar-refractivity contribution is -0.121. The number of amidine groups is 1. The topological polar surface area (TPSA) is 87.7 Å².